The predicted octanol–water partition coefficient (Wildman–Crippen LogP) is 4.18. The lowest BCUT2D eigenvalue weighted by Gasteiger charge is -2.32. The molecule has 2 aliphatic rings. The maximum atomic E-state index is 12.9. The summed E-state index contributed by atoms with van der Waals surface area (Å²) >= 11 is 0. The molecule has 0 spiro atoms. The molecule has 0 saturated heterocycles. The van der Waals surface area contributed by atoms with Crippen LogP contribution >= 0.6 is 0 Å². The van der Waals surface area contributed by atoms with Gasteiger partial charge in [0.1, 0.15) is 5.76 Å². The summed E-state index contributed by atoms with van der Waals surface area (Å²) in [4.78, 5) is 27.3. The maximum absolute atomic E-state index is 12.9. The van der Waals surface area contributed by atoms with Gasteiger partial charge in [0.25, 0.3) is 0 Å². The van der Waals surface area contributed by atoms with Crippen LogP contribution in [-0.4, -0.2) is 42.6 Å². The van der Waals surface area contributed by atoms with Crippen LogP contribution in [0.1, 0.15) is 27.2 Å². The normalized spacial score (nSPS) is 20.8. The van der Waals surface area contributed by atoms with Crippen molar-refractivity contribution in [3.63, 3.8) is 0 Å². The van der Waals surface area contributed by atoms with E-state index in [-0.39, 0.29) is 18.6 Å². The Hall–Kier alpha value is -3.08. The molecule has 0 radical (unpaired) electrons. The average molecular weight is 395 g/mol. The molecule has 0 fully saturated rings. The molecule has 2 rings (SSSR count). The highest BCUT2D eigenvalue weighted by atomic mass is 16.5. The molecule has 0 N–H and O–H groups in total. The van der Waals surface area contributed by atoms with Crippen molar-refractivity contribution >= 4 is 11.9 Å². The third kappa shape index (κ3) is 5.25. The number of hydrogen-bond acceptors (Lipinski definition) is 4. The van der Waals surface area contributed by atoms with Gasteiger partial charge in [-0.2, -0.15) is 0 Å². The van der Waals surface area contributed by atoms with E-state index >= 15 is 0 Å². The number of nitrogens with zero attached hydrogens (tertiary/aromatic N) is 1. The van der Waals surface area contributed by atoms with E-state index in [0.717, 1.165) is 17.6 Å². The molecule has 29 heavy (non-hydrogen) atoms. The van der Waals surface area contributed by atoms with Crippen molar-refractivity contribution in [3.05, 3.63) is 83.7 Å². The van der Waals surface area contributed by atoms with Crippen LogP contribution in [0, 0.1) is 0 Å². The van der Waals surface area contributed by atoms with Crippen molar-refractivity contribution in [2.75, 3.05) is 13.7 Å². The minimum absolute atomic E-state index is 0.208. The zero-order chi connectivity index (χ0) is 21.4. The minimum Gasteiger partial charge on any atom is -0.497 e. The van der Waals surface area contributed by atoms with E-state index in [1.165, 1.54) is 0 Å². The molecule has 154 valence electrons. The summed E-state index contributed by atoms with van der Waals surface area (Å²) in [5.74, 6) is -0.0166. The van der Waals surface area contributed by atoms with Crippen LogP contribution < -0.4 is 0 Å². The molecule has 1 aliphatic heterocycles. The summed E-state index contributed by atoms with van der Waals surface area (Å²) in [6.45, 7) is 9.52. The molecule has 5 heteroatoms. The topological polar surface area (TPSA) is 55.8 Å². The Morgan fingerprint density at radius 3 is 2.79 bits per heavy atom. The standard InChI is InChI=1S/C24H29NO4/c1-6-20(28-5)15-14-17(3)18(4)25-22(26)16-21(23(25)24(27)29-7-2)19-12-10-8-9-11-13-19/h6,8,10-16,18,23H,1,7,9H2,2-5H3/b17-14+,20-15+. The van der Waals surface area contributed by atoms with Crippen LogP contribution in [0.5, 0.6) is 0 Å². The van der Waals surface area contributed by atoms with Crippen molar-refractivity contribution in [1.82, 2.24) is 4.90 Å². The van der Waals surface area contributed by atoms with Crippen LogP contribution in [0.3, 0.4) is 0 Å². The Morgan fingerprint density at radius 1 is 1.38 bits per heavy atom. The number of amides is 1. The fourth-order valence-electron chi connectivity index (χ4n) is 3.24. The molecule has 0 aromatic carbocycles. The van der Waals surface area contributed by atoms with Crippen molar-refractivity contribution in [1.29, 1.82) is 0 Å². The molecule has 2 atom stereocenters. The molecule has 1 heterocycles. The van der Waals surface area contributed by atoms with Gasteiger partial charge in [-0.3, -0.25) is 4.79 Å². The maximum Gasteiger partial charge on any atom is 0.333 e. The van der Waals surface area contributed by atoms with E-state index in [2.05, 4.69) is 6.58 Å². The molecular weight excluding hydrogens is 366 g/mol. The van der Waals surface area contributed by atoms with Gasteiger partial charge in [-0.25, -0.2) is 4.79 Å². The first-order valence-corrected chi connectivity index (χ1v) is 9.73. The molecule has 2 unspecified atom stereocenters. The van der Waals surface area contributed by atoms with Gasteiger partial charge in [-0.05, 0) is 50.5 Å². The van der Waals surface area contributed by atoms with Crippen LogP contribution in [0.15, 0.2) is 83.7 Å². The van der Waals surface area contributed by atoms with Crippen LogP contribution in [0.25, 0.3) is 0 Å². The highest BCUT2D eigenvalue weighted by Gasteiger charge is 2.42. The Morgan fingerprint density at radius 2 is 2.14 bits per heavy atom. The predicted molar refractivity (Wildman–Crippen MR) is 115 cm³/mol. The molecule has 1 aliphatic carbocycles. The smallest absolute Gasteiger partial charge is 0.333 e. The summed E-state index contributed by atoms with van der Waals surface area (Å²) in [6.07, 6.45) is 17.4. The summed E-state index contributed by atoms with van der Waals surface area (Å²) in [5, 5.41) is 0. The first-order chi connectivity index (χ1) is 13.9. The quantitative estimate of drug-likeness (QED) is 0.351. The second-order valence-corrected chi connectivity index (χ2v) is 6.75. The second kappa shape index (κ2) is 10.5. The van der Waals surface area contributed by atoms with E-state index in [9.17, 15) is 9.59 Å². The van der Waals surface area contributed by atoms with Crippen LogP contribution in [0.4, 0.5) is 0 Å². The van der Waals surface area contributed by atoms with Crippen LogP contribution in [-0.2, 0) is 19.1 Å². The third-order valence-corrected chi connectivity index (χ3v) is 4.95. The highest BCUT2D eigenvalue weighted by Crippen LogP contribution is 2.32. The average Bonchev–Trinajstić information content (AvgIpc) is 2.87. The Kier molecular flexibility index (Phi) is 8.01. The third-order valence-electron chi connectivity index (χ3n) is 4.95. The first kappa shape index (κ1) is 22.2. The number of rotatable bonds is 8. The number of allylic oxidation sites excluding steroid dienone is 8. The molecule has 0 aromatic rings. The lowest BCUT2D eigenvalue weighted by molar-refractivity contribution is -0.151. The molecular formula is C24H29NO4. The highest BCUT2D eigenvalue weighted by molar-refractivity contribution is 6.00. The van der Waals surface area contributed by atoms with Crippen molar-refractivity contribution in [2.45, 2.75) is 39.3 Å². The van der Waals surface area contributed by atoms with E-state index < -0.39 is 12.0 Å². The van der Waals surface area contributed by atoms with Crippen molar-refractivity contribution in [3.8, 4) is 0 Å². The summed E-state index contributed by atoms with van der Waals surface area (Å²) in [5.41, 5.74) is 2.41. The Balaban J connectivity index is 2.41. The first-order valence-electron chi connectivity index (χ1n) is 9.73. The molecule has 0 bridgehead atoms. The van der Waals surface area contributed by atoms with Gasteiger partial charge >= 0.3 is 5.97 Å². The molecule has 0 aromatic heterocycles. The van der Waals surface area contributed by atoms with Gasteiger partial charge < -0.3 is 14.4 Å². The monoisotopic (exact) mass is 395 g/mol. The zero-order valence-electron chi connectivity index (χ0n) is 17.6. The van der Waals surface area contributed by atoms with Crippen molar-refractivity contribution in [2.24, 2.45) is 0 Å². The van der Waals surface area contributed by atoms with Gasteiger partial charge in [0.2, 0.25) is 5.91 Å². The van der Waals surface area contributed by atoms with Crippen LogP contribution in [0.2, 0.25) is 0 Å². The number of carbonyl (C=O) groups excluding carboxylic acids is 2. The number of ether oxygens (including phenoxy) is 2. The Labute approximate surface area is 173 Å². The van der Waals surface area contributed by atoms with E-state index in [1.54, 1.807) is 37.2 Å². The van der Waals surface area contributed by atoms with Gasteiger partial charge in [-0.15, -0.1) is 0 Å². The van der Waals surface area contributed by atoms with E-state index in [4.69, 9.17) is 9.47 Å². The van der Waals surface area contributed by atoms with Gasteiger partial charge in [0.15, 0.2) is 6.04 Å². The molecule has 1 amide bonds. The summed E-state index contributed by atoms with van der Waals surface area (Å²) in [6, 6.07) is -1.09. The van der Waals surface area contributed by atoms with Gasteiger partial charge in [-0.1, -0.05) is 48.6 Å². The lowest BCUT2D eigenvalue weighted by atomic mass is 9.97. The Bertz CT molecular complexity index is 839. The zero-order valence-corrected chi connectivity index (χ0v) is 17.6. The number of methoxy groups -OCH3 is 1. The lowest BCUT2D eigenvalue weighted by Crippen LogP contribution is -2.47. The second-order valence-electron chi connectivity index (χ2n) is 6.75. The SMILES string of the molecule is C=C/C(=C\C=C(/C)C(C)N1C(=O)C=C(C2=CC=CCC=C2)C1C(=O)OCC)OC. The number of hydrogen-bond donors (Lipinski definition) is 0. The minimum atomic E-state index is -0.784. The fourth-order valence-corrected chi connectivity index (χ4v) is 3.24. The molecule has 0 saturated carbocycles. The van der Waals surface area contributed by atoms with Crippen molar-refractivity contribution < 1.29 is 19.1 Å². The summed E-state index contributed by atoms with van der Waals surface area (Å²) in [7, 11) is 1.57. The number of carbonyl (C=O) groups is 2. The van der Waals surface area contributed by atoms with E-state index in [0.29, 0.717) is 11.3 Å². The van der Waals surface area contributed by atoms with Gasteiger partial charge in [0.05, 0.1) is 19.8 Å². The largest absolute Gasteiger partial charge is 0.497 e. The summed E-state index contributed by atoms with van der Waals surface area (Å²) < 4.78 is 10.5. The number of esters is 1. The van der Waals surface area contributed by atoms with Gasteiger partial charge in [0, 0.05) is 6.08 Å². The fraction of sp³-hybridized carbons (Fsp3) is 0.333. The van der Waals surface area contributed by atoms with E-state index in [1.807, 2.05) is 50.3 Å². The molecule has 5 nitrogen and oxygen atoms in total.